The van der Waals surface area contributed by atoms with E-state index < -0.39 is 0 Å². The molecule has 0 saturated carbocycles. The highest BCUT2D eigenvalue weighted by atomic mass is 35.5. The van der Waals surface area contributed by atoms with Gasteiger partial charge >= 0.3 is 5.91 Å². The molecule has 0 bridgehead atoms. The summed E-state index contributed by atoms with van der Waals surface area (Å²) in [6, 6.07) is 14.0. The van der Waals surface area contributed by atoms with Gasteiger partial charge in [-0.05, 0) is 61.4 Å². The van der Waals surface area contributed by atoms with Crippen LogP contribution in [0.25, 0.3) is 11.0 Å². The minimum Gasteiger partial charge on any atom is -0.484 e. The minimum absolute atomic E-state index is 0.128. The summed E-state index contributed by atoms with van der Waals surface area (Å²) < 4.78 is 17.1. The molecule has 3 heterocycles. The molecule has 0 unspecified atom stereocenters. The van der Waals surface area contributed by atoms with Crippen LogP contribution in [0.15, 0.2) is 57.4 Å². The second kappa shape index (κ2) is 9.43. The van der Waals surface area contributed by atoms with E-state index in [4.69, 9.17) is 36.8 Å². The number of hydrazine groups is 1. The van der Waals surface area contributed by atoms with Crippen molar-refractivity contribution in [2.45, 2.75) is 25.4 Å². The third kappa shape index (κ3) is 5.13. The lowest BCUT2D eigenvalue weighted by Gasteiger charge is -2.30. The number of piperidine rings is 1. The maximum absolute atomic E-state index is 12.6. The summed E-state index contributed by atoms with van der Waals surface area (Å²) in [6.07, 6.45) is 1.55. The number of benzene rings is 2. The third-order valence-electron chi connectivity index (χ3n) is 5.46. The third-order valence-corrected chi connectivity index (χ3v) is 5.95. The van der Waals surface area contributed by atoms with Crippen molar-refractivity contribution in [1.29, 1.82) is 0 Å². The predicted molar refractivity (Wildman–Crippen MR) is 122 cm³/mol. The Hall–Kier alpha value is -3.07. The number of ether oxygens (including phenoxy) is 1. The summed E-state index contributed by atoms with van der Waals surface area (Å²) in [4.78, 5) is 12.6. The molecule has 2 aromatic carbocycles. The Labute approximate surface area is 199 Å². The lowest BCUT2D eigenvalue weighted by molar-refractivity contribution is 0.0699. The van der Waals surface area contributed by atoms with Crippen LogP contribution in [0.5, 0.6) is 5.75 Å². The molecular formula is C23H20Cl2N4O4. The summed E-state index contributed by atoms with van der Waals surface area (Å²) in [5.74, 6) is 1.77. The van der Waals surface area contributed by atoms with Crippen LogP contribution in [0.1, 0.15) is 41.1 Å². The molecule has 0 aliphatic carbocycles. The van der Waals surface area contributed by atoms with Gasteiger partial charge in [-0.2, -0.15) is 0 Å². The summed E-state index contributed by atoms with van der Waals surface area (Å²) in [5.41, 5.74) is 3.52. The highest BCUT2D eigenvalue weighted by molar-refractivity contribution is 6.31. The summed E-state index contributed by atoms with van der Waals surface area (Å²) in [6.45, 7) is 1.50. The molecule has 2 aromatic heterocycles. The Balaban J connectivity index is 1.12. The molecule has 5 rings (SSSR count). The quantitative estimate of drug-likeness (QED) is 0.398. The maximum atomic E-state index is 12.6. The van der Waals surface area contributed by atoms with Gasteiger partial charge in [0.05, 0.1) is 0 Å². The van der Waals surface area contributed by atoms with E-state index >= 15 is 0 Å². The highest BCUT2D eigenvalue weighted by Gasteiger charge is 2.26. The number of amides is 1. The van der Waals surface area contributed by atoms with Crippen LogP contribution in [0.2, 0.25) is 10.0 Å². The minimum atomic E-state index is -0.291. The van der Waals surface area contributed by atoms with Crippen LogP contribution in [-0.4, -0.2) is 34.2 Å². The van der Waals surface area contributed by atoms with Gasteiger partial charge in [-0.1, -0.05) is 23.2 Å². The van der Waals surface area contributed by atoms with Gasteiger partial charge in [0.25, 0.3) is 5.89 Å². The molecular weight excluding hydrogens is 467 g/mol. The first-order valence-electron chi connectivity index (χ1n) is 10.5. The summed E-state index contributed by atoms with van der Waals surface area (Å²) >= 11 is 11.9. The van der Waals surface area contributed by atoms with Crippen molar-refractivity contribution in [3.05, 3.63) is 76.1 Å². The molecule has 1 fully saturated rings. The molecule has 8 nitrogen and oxygen atoms in total. The fourth-order valence-corrected chi connectivity index (χ4v) is 4.04. The molecule has 0 spiro atoms. The number of fused-ring (bicyclic) bond motifs is 1. The molecule has 0 atom stereocenters. The Morgan fingerprint density at radius 1 is 1.03 bits per heavy atom. The van der Waals surface area contributed by atoms with Gasteiger partial charge in [-0.25, -0.2) is 5.01 Å². The van der Waals surface area contributed by atoms with Gasteiger partial charge < -0.3 is 13.6 Å². The topological polar surface area (TPSA) is 93.6 Å². The number of halogens is 2. The lowest BCUT2D eigenvalue weighted by Crippen LogP contribution is -2.46. The van der Waals surface area contributed by atoms with Crippen LogP contribution in [0, 0.1) is 0 Å². The number of nitrogens with zero attached hydrogens (tertiary/aromatic N) is 3. The largest absolute Gasteiger partial charge is 0.484 e. The Morgan fingerprint density at radius 3 is 2.58 bits per heavy atom. The zero-order valence-corrected chi connectivity index (χ0v) is 19.0. The molecule has 170 valence electrons. The molecule has 1 saturated heterocycles. The van der Waals surface area contributed by atoms with Crippen LogP contribution < -0.4 is 10.2 Å². The summed E-state index contributed by atoms with van der Waals surface area (Å²) in [5, 5.41) is 12.2. The number of carbonyl (C=O) groups excluding carboxylic acids is 1. The van der Waals surface area contributed by atoms with Crippen molar-refractivity contribution in [1.82, 2.24) is 20.6 Å². The number of hydrogen-bond donors (Lipinski definition) is 1. The second-order valence-electron chi connectivity index (χ2n) is 7.77. The van der Waals surface area contributed by atoms with E-state index in [0.29, 0.717) is 46.2 Å². The number of carbonyl (C=O) groups is 1. The maximum Gasteiger partial charge on any atom is 0.301 e. The molecule has 1 aliphatic heterocycles. The van der Waals surface area contributed by atoms with E-state index in [-0.39, 0.29) is 24.2 Å². The van der Waals surface area contributed by atoms with E-state index in [1.165, 1.54) is 0 Å². The SMILES string of the molecule is O=C(NN1CCC(c2nnc(COc3ccc(Cl)cc3)o2)CC1)c1cc2cc(Cl)ccc2o1. The van der Waals surface area contributed by atoms with Crippen LogP contribution in [0.3, 0.4) is 0 Å². The van der Waals surface area contributed by atoms with Crippen molar-refractivity contribution in [3.63, 3.8) is 0 Å². The van der Waals surface area contributed by atoms with Gasteiger partial charge in [-0.3, -0.25) is 10.2 Å². The fourth-order valence-electron chi connectivity index (χ4n) is 3.73. The number of rotatable bonds is 6. The van der Waals surface area contributed by atoms with Crippen molar-refractivity contribution in [2.75, 3.05) is 13.1 Å². The standard InChI is InChI=1S/C23H20Cl2N4O4/c24-16-1-4-18(5-2-16)31-13-21-26-27-23(33-21)14-7-9-29(10-8-14)28-22(30)20-12-15-11-17(25)3-6-19(15)32-20/h1-6,11-12,14H,7-10,13H2,(H,28,30). The van der Waals surface area contributed by atoms with Gasteiger partial charge in [0.2, 0.25) is 5.89 Å². The first-order chi connectivity index (χ1) is 16.0. The van der Waals surface area contributed by atoms with Crippen LogP contribution in [-0.2, 0) is 6.61 Å². The van der Waals surface area contributed by atoms with E-state index in [1.54, 1.807) is 48.5 Å². The average Bonchev–Trinajstić information content (AvgIpc) is 3.46. The van der Waals surface area contributed by atoms with E-state index in [2.05, 4.69) is 15.6 Å². The summed E-state index contributed by atoms with van der Waals surface area (Å²) in [7, 11) is 0. The number of nitrogens with one attached hydrogen (secondary N) is 1. The Morgan fingerprint density at radius 2 is 1.79 bits per heavy atom. The fraction of sp³-hybridized carbons (Fsp3) is 0.261. The van der Waals surface area contributed by atoms with Gasteiger partial charge in [0, 0.05) is 34.4 Å². The normalized spacial score (nSPS) is 15.1. The lowest BCUT2D eigenvalue weighted by atomic mass is 9.98. The number of furan rings is 1. The van der Waals surface area contributed by atoms with E-state index in [1.807, 2.05) is 5.01 Å². The monoisotopic (exact) mass is 486 g/mol. The van der Waals surface area contributed by atoms with Crippen molar-refractivity contribution in [3.8, 4) is 5.75 Å². The number of aromatic nitrogens is 2. The molecule has 1 aliphatic rings. The number of hydrogen-bond acceptors (Lipinski definition) is 7. The molecule has 1 N–H and O–H groups in total. The van der Waals surface area contributed by atoms with Gasteiger partial charge in [-0.15, -0.1) is 10.2 Å². The zero-order chi connectivity index (χ0) is 22.8. The van der Waals surface area contributed by atoms with E-state index in [0.717, 1.165) is 18.2 Å². The van der Waals surface area contributed by atoms with Crippen molar-refractivity contribution in [2.24, 2.45) is 0 Å². The first-order valence-corrected chi connectivity index (χ1v) is 11.2. The second-order valence-corrected chi connectivity index (χ2v) is 8.64. The molecule has 1 amide bonds. The van der Waals surface area contributed by atoms with E-state index in [9.17, 15) is 4.79 Å². The molecule has 4 aromatic rings. The Kier molecular flexibility index (Phi) is 6.22. The van der Waals surface area contributed by atoms with Gasteiger partial charge in [0.15, 0.2) is 12.4 Å². The van der Waals surface area contributed by atoms with Crippen molar-refractivity contribution >= 4 is 40.1 Å². The molecule has 0 radical (unpaired) electrons. The molecule has 10 heteroatoms. The average molecular weight is 487 g/mol. The van der Waals surface area contributed by atoms with Gasteiger partial charge in [0.1, 0.15) is 11.3 Å². The smallest absolute Gasteiger partial charge is 0.301 e. The predicted octanol–water partition coefficient (Wildman–Crippen LogP) is 5.23. The highest BCUT2D eigenvalue weighted by Crippen LogP contribution is 2.27. The van der Waals surface area contributed by atoms with Crippen LogP contribution >= 0.6 is 23.2 Å². The molecule has 33 heavy (non-hydrogen) atoms. The van der Waals surface area contributed by atoms with Crippen molar-refractivity contribution < 1.29 is 18.4 Å². The zero-order valence-electron chi connectivity index (χ0n) is 17.5. The first kappa shape index (κ1) is 21.8. The van der Waals surface area contributed by atoms with Crippen LogP contribution in [0.4, 0.5) is 0 Å². The Bertz CT molecular complexity index is 1260.